The number of para-hydroxylation sites is 2. The Labute approximate surface area is 131 Å². The van der Waals surface area contributed by atoms with Gasteiger partial charge in [0.2, 0.25) is 15.9 Å². The number of piperidine rings is 1. The number of amides is 1. The Bertz CT molecular complexity index is 586. The van der Waals surface area contributed by atoms with Crippen LogP contribution in [0.2, 0.25) is 0 Å². The van der Waals surface area contributed by atoms with Gasteiger partial charge in [-0.15, -0.1) is 12.4 Å². The van der Waals surface area contributed by atoms with Gasteiger partial charge >= 0.3 is 0 Å². The predicted molar refractivity (Wildman–Crippen MR) is 86.4 cm³/mol. The van der Waals surface area contributed by atoms with Gasteiger partial charge in [-0.05, 0) is 31.5 Å². The second kappa shape index (κ2) is 7.63. The highest BCUT2D eigenvalue weighted by Gasteiger charge is 2.21. The monoisotopic (exact) mass is 333 g/mol. The highest BCUT2D eigenvalue weighted by molar-refractivity contribution is 7.92. The Kier molecular flexibility index (Phi) is 6.44. The first kappa shape index (κ1) is 17.7. The third-order valence-corrected chi connectivity index (χ3v) is 3.74. The van der Waals surface area contributed by atoms with E-state index in [4.69, 9.17) is 0 Å². The van der Waals surface area contributed by atoms with E-state index in [-0.39, 0.29) is 24.2 Å². The van der Waals surface area contributed by atoms with Crippen molar-refractivity contribution in [3.63, 3.8) is 0 Å². The smallest absolute Gasteiger partial charge is 0.229 e. The normalized spacial score (nSPS) is 18.4. The van der Waals surface area contributed by atoms with Crippen LogP contribution in [0.25, 0.3) is 0 Å². The molecule has 1 unspecified atom stereocenters. The molecule has 1 aromatic rings. The molecular weight excluding hydrogens is 314 g/mol. The van der Waals surface area contributed by atoms with Crippen LogP contribution in [-0.2, 0) is 14.8 Å². The minimum atomic E-state index is -3.37. The standard InChI is InChI=1S/C13H19N3O3S.ClH/c1-20(18,19)16-12-7-3-2-6-11(12)15-13(17)10-5-4-8-14-9-10;/h2-3,6-7,10,14,16H,4-5,8-9H2,1H3,(H,15,17);1H. The van der Waals surface area contributed by atoms with Crippen molar-refractivity contribution >= 4 is 39.7 Å². The lowest BCUT2D eigenvalue weighted by atomic mass is 9.99. The van der Waals surface area contributed by atoms with Crippen molar-refractivity contribution in [3.05, 3.63) is 24.3 Å². The van der Waals surface area contributed by atoms with Gasteiger partial charge in [-0.3, -0.25) is 9.52 Å². The first-order valence-corrected chi connectivity index (χ1v) is 8.43. The molecule has 21 heavy (non-hydrogen) atoms. The number of hydrogen-bond donors (Lipinski definition) is 3. The van der Waals surface area contributed by atoms with Crippen molar-refractivity contribution in [2.24, 2.45) is 5.92 Å². The summed E-state index contributed by atoms with van der Waals surface area (Å²) in [4.78, 5) is 12.2. The number of anilines is 2. The first-order valence-electron chi connectivity index (χ1n) is 6.54. The van der Waals surface area contributed by atoms with E-state index < -0.39 is 10.0 Å². The minimum Gasteiger partial charge on any atom is -0.324 e. The second-order valence-corrected chi connectivity index (χ2v) is 6.70. The van der Waals surface area contributed by atoms with E-state index in [1.54, 1.807) is 24.3 Å². The maximum Gasteiger partial charge on any atom is 0.229 e. The topological polar surface area (TPSA) is 87.3 Å². The molecule has 0 bridgehead atoms. The molecule has 8 heteroatoms. The van der Waals surface area contributed by atoms with Crippen LogP contribution < -0.4 is 15.4 Å². The average Bonchev–Trinajstić information content (AvgIpc) is 2.40. The van der Waals surface area contributed by atoms with Crippen LogP contribution in [0.1, 0.15) is 12.8 Å². The number of benzene rings is 1. The van der Waals surface area contributed by atoms with Crippen molar-refractivity contribution in [2.45, 2.75) is 12.8 Å². The molecule has 1 amide bonds. The van der Waals surface area contributed by atoms with Gasteiger partial charge in [-0.2, -0.15) is 0 Å². The number of carbonyl (C=O) groups excluding carboxylic acids is 1. The summed E-state index contributed by atoms with van der Waals surface area (Å²) in [6.07, 6.45) is 2.90. The molecule has 1 aliphatic rings. The summed E-state index contributed by atoms with van der Waals surface area (Å²) in [5, 5.41) is 5.98. The van der Waals surface area contributed by atoms with Gasteiger partial charge in [0, 0.05) is 6.54 Å². The quantitative estimate of drug-likeness (QED) is 0.777. The van der Waals surface area contributed by atoms with Gasteiger partial charge in [0.15, 0.2) is 0 Å². The van der Waals surface area contributed by atoms with Gasteiger partial charge in [-0.25, -0.2) is 8.42 Å². The molecule has 0 spiro atoms. The minimum absolute atomic E-state index is 0. The molecule has 0 saturated carbocycles. The van der Waals surface area contributed by atoms with Crippen LogP contribution in [-0.4, -0.2) is 33.7 Å². The Morgan fingerprint density at radius 1 is 1.29 bits per heavy atom. The molecule has 1 aromatic carbocycles. The van der Waals surface area contributed by atoms with E-state index in [0.29, 0.717) is 17.9 Å². The zero-order valence-electron chi connectivity index (χ0n) is 11.8. The van der Waals surface area contributed by atoms with Crippen LogP contribution in [0.15, 0.2) is 24.3 Å². The fourth-order valence-electron chi connectivity index (χ4n) is 2.19. The van der Waals surface area contributed by atoms with Gasteiger partial charge in [0.1, 0.15) is 0 Å². The highest BCUT2D eigenvalue weighted by atomic mass is 35.5. The molecule has 2 rings (SSSR count). The molecule has 6 nitrogen and oxygen atoms in total. The molecule has 0 radical (unpaired) electrons. The zero-order valence-corrected chi connectivity index (χ0v) is 13.4. The Hall–Kier alpha value is -1.31. The van der Waals surface area contributed by atoms with Crippen LogP contribution in [0.5, 0.6) is 0 Å². The van der Waals surface area contributed by atoms with E-state index in [9.17, 15) is 13.2 Å². The van der Waals surface area contributed by atoms with Crippen molar-refractivity contribution in [2.75, 3.05) is 29.4 Å². The number of hydrogen-bond acceptors (Lipinski definition) is 4. The molecule has 1 heterocycles. The molecule has 0 aliphatic carbocycles. The van der Waals surface area contributed by atoms with E-state index in [1.807, 2.05) is 0 Å². The predicted octanol–water partition coefficient (Wildman–Crippen LogP) is 1.42. The van der Waals surface area contributed by atoms with Crippen molar-refractivity contribution in [3.8, 4) is 0 Å². The summed E-state index contributed by atoms with van der Waals surface area (Å²) < 4.78 is 25.0. The molecule has 118 valence electrons. The second-order valence-electron chi connectivity index (χ2n) is 4.95. The molecule has 1 aliphatic heterocycles. The van der Waals surface area contributed by atoms with Gasteiger partial charge < -0.3 is 10.6 Å². The van der Waals surface area contributed by atoms with Crippen LogP contribution in [0, 0.1) is 5.92 Å². The Balaban J connectivity index is 0.00000220. The first-order chi connectivity index (χ1) is 9.46. The van der Waals surface area contributed by atoms with Gasteiger partial charge in [0.25, 0.3) is 0 Å². The van der Waals surface area contributed by atoms with E-state index in [1.165, 1.54) is 0 Å². The molecule has 1 fully saturated rings. The molecule has 0 aromatic heterocycles. The van der Waals surface area contributed by atoms with Crippen molar-refractivity contribution in [1.29, 1.82) is 0 Å². The maximum atomic E-state index is 12.2. The van der Waals surface area contributed by atoms with Crippen molar-refractivity contribution < 1.29 is 13.2 Å². The third kappa shape index (κ3) is 5.53. The number of sulfonamides is 1. The zero-order chi connectivity index (χ0) is 14.6. The fourth-order valence-corrected chi connectivity index (χ4v) is 2.77. The molecule has 1 atom stereocenters. The highest BCUT2D eigenvalue weighted by Crippen LogP contribution is 2.23. The molecule has 1 saturated heterocycles. The third-order valence-electron chi connectivity index (χ3n) is 3.15. The van der Waals surface area contributed by atoms with Crippen molar-refractivity contribution in [1.82, 2.24) is 5.32 Å². The van der Waals surface area contributed by atoms with Crippen LogP contribution in [0.3, 0.4) is 0 Å². The SMILES string of the molecule is CS(=O)(=O)Nc1ccccc1NC(=O)C1CCCNC1.Cl. The summed E-state index contributed by atoms with van der Waals surface area (Å²) in [6.45, 7) is 1.60. The summed E-state index contributed by atoms with van der Waals surface area (Å²) in [5.41, 5.74) is 0.862. The lowest BCUT2D eigenvalue weighted by molar-refractivity contribution is -0.120. The molecular formula is C13H20ClN3O3S. The van der Waals surface area contributed by atoms with Crippen LogP contribution in [0.4, 0.5) is 11.4 Å². The Morgan fingerprint density at radius 3 is 2.52 bits per heavy atom. The lowest BCUT2D eigenvalue weighted by Crippen LogP contribution is -2.37. The lowest BCUT2D eigenvalue weighted by Gasteiger charge is -2.22. The Morgan fingerprint density at radius 2 is 1.95 bits per heavy atom. The summed E-state index contributed by atoms with van der Waals surface area (Å²) in [7, 11) is -3.37. The maximum absolute atomic E-state index is 12.2. The number of halogens is 1. The van der Waals surface area contributed by atoms with Gasteiger partial charge in [0.05, 0.1) is 23.5 Å². The summed E-state index contributed by atoms with van der Waals surface area (Å²) in [5.74, 6) is -0.157. The van der Waals surface area contributed by atoms with E-state index in [0.717, 1.165) is 25.6 Å². The largest absolute Gasteiger partial charge is 0.324 e. The number of rotatable bonds is 4. The van der Waals surface area contributed by atoms with E-state index >= 15 is 0 Å². The number of nitrogens with one attached hydrogen (secondary N) is 3. The summed E-state index contributed by atoms with van der Waals surface area (Å²) >= 11 is 0. The number of carbonyl (C=O) groups is 1. The van der Waals surface area contributed by atoms with E-state index in [2.05, 4.69) is 15.4 Å². The average molecular weight is 334 g/mol. The molecule has 3 N–H and O–H groups in total. The summed E-state index contributed by atoms with van der Waals surface area (Å²) in [6, 6.07) is 6.77. The van der Waals surface area contributed by atoms with Gasteiger partial charge in [-0.1, -0.05) is 12.1 Å². The van der Waals surface area contributed by atoms with Crippen LogP contribution >= 0.6 is 12.4 Å². The fraction of sp³-hybridized carbons (Fsp3) is 0.462.